The van der Waals surface area contributed by atoms with E-state index in [0.717, 1.165) is 31.2 Å². The zero-order valence-electron chi connectivity index (χ0n) is 18.6. The van der Waals surface area contributed by atoms with Crippen LogP contribution in [-0.2, 0) is 4.74 Å². The van der Waals surface area contributed by atoms with Crippen LogP contribution in [0.4, 0.5) is 0 Å². The van der Waals surface area contributed by atoms with E-state index in [1.54, 1.807) is 6.07 Å². The Morgan fingerprint density at radius 2 is 1.79 bits per heavy atom. The first-order chi connectivity index (χ1) is 15.8. The third kappa shape index (κ3) is 4.27. The largest absolute Gasteiger partial charge is 0.506 e. The normalized spacial score (nSPS) is 28.2. The van der Waals surface area contributed by atoms with Gasteiger partial charge in [0.2, 0.25) is 6.29 Å². The van der Waals surface area contributed by atoms with Gasteiger partial charge < -0.3 is 39.7 Å². The molecule has 2 fully saturated rings. The maximum Gasteiger partial charge on any atom is 0.229 e. The summed E-state index contributed by atoms with van der Waals surface area (Å²) >= 11 is 0. The van der Waals surface area contributed by atoms with E-state index in [1.165, 1.54) is 20.1 Å². The number of rotatable bonds is 6. The molecule has 33 heavy (non-hydrogen) atoms. The highest BCUT2D eigenvalue weighted by molar-refractivity contribution is 6.07. The van der Waals surface area contributed by atoms with Crippen LogP contribution in [0.25, 0.3) is 10.8 Å². The molecule has 4 rings (SSSR count). The average Bonchev–Trinajstić information content (AvgIpc) is 3.33. The van der Waals surface area contributed by atoms with Gasteiger partial charge in [0.15, 0.2) is 5.78 Å². The van der Waals surface area contributed by atoms with Gasteiger partial charge in [-0.2, -0.15) is 0 Å². The molecule has 2 aliphatic rings. The predicted molar refractivity (Wildman–Crippen MR) is 118 cm³/mol. The van der Waals surface area contributed by atoms with Gasteiger partial charge in [0, 0.05) is 6.07 Å². The van der Waals surface area contributed by atoms with Gasteiger partial charge in [-0.15, -0.1) is 0 Å². The molecule has 1 saturated heterocycles. The Balaban J connectivity index is 1.84. The summed E-state index contributed by atoms with van der Waals surface area (Å²) in [5, 5.41) is 52.0. The Morgan fingerprint density at radius 1 is 1.09 bits per heavy atom. The van der Waals surface area contributed by atoms with E-state index in [9.17, 15) is 30.3 Å². The van der Waals surface area contributed by atoms with Gasteiger partial charge in [0.1, 0.15) is 41.7 Å². The number of carbonyl (C=O) groups excluding carboxylic acids is 1. The number of aliphatic hydroxyl groups excluding tert-OH is 4. The summed E-state index contributed by atoms with van der Waals surface area (Å²) < 4.78 is 16.7. The number of ether oxygens (including phenoxy) is 3. The highest BCUT2D eigenvalue weighted by atomic mass is 16.7. The minimum Gasteiger partial charge on any atom is -0.506 e. The summed E-state index contributed by atoms with van der Waals surface area (Å²) in [4.78, 5) is 12.5. The molecule has 180 valence electrons. The molecule has 5 N–H and O–H groups in total. The lowest BCUT2D eigenvalue weighted by atomic mass is 9.87. The van der Waals surface area contributed by atoms with Gasteiger partial charge >= 0.3 is 0 Å². The fourth-order valence-electron chi connectivity index (χ4n) is 4.91. The van der Waals surface area contributed by atoms with Crippen molar-refractivity contribution in [3.63, 3.8) is 0 Å². The first kappa shape index (κ1) is 23.7. The summed E-state index contributed by atoms with van der Waals surface area (Å²) in [6, 6.07) is 5.06. The van der Waals surface area contributed by atoms with Crippen molar-refractivity contribution in [2.45, 2.75) is 69.2 Å². The molecule has 1 saturated carbocycles. The van der Waals surface area contributed by atoms with Crippen LogP contribution in [0, 0.1) is 0 Å². The summed E-state index contributed by atoms with van der Waals surface area (Å²) in [6.07, 6.45) is -3.39. The summed E-state index contributed by atoms with van der Waals surface area (Å²) in [6.45, 7) is 0.801. The standard InChI is InChI=1S/C24H30O9/c1-11(26)18-15(12-5-3-4-6-12)8-13-7-14(31-2)9-16(19(13)21(18)28)32-24-23(30)22(29)20(27)17(10-25)33-24/h7-9,12,17,20,22-25,27-30H,3-6,10H2,1-2H3. The van der Waals surface area contributed by atoms with Crippen LogP contribution < -0.4 is 9.47 Å². The van der Waals surface area contributed by atoms with Crippen LogP contribution in [0.1, 0.15) is 54.4 Å². The third-order valence-electron chi connectivity index (χ3n) is 6.65. The Labute approximate surface area is 191 Å². The van der Waals surface area contributed by atoms with E-state index < -0.39 is 37.3 Å². The molecular formula is C24H30O9. The Hall–Kier alpha value is -2.43. The molecule has 0 amide bonds. The van der Waals surface area contributed by atoms with E-state index >= 15 is 0 Å². The van der Waals surface area contributed by atoms with Crippen LogP contribution >= 0.6 is 0 Å². The van der Waals surface area contributed by atoms with Crippen molar-refractivity contribution in [2.75, 3.05) is 13.7 Å². The number of fused-ring (bicyclic) bond motifs is 1. The van der Waals surface area contributed by atoms with Gasteiger partial charge in [0.25, 0.3) is 0 Å². The zero-order valence-corrected chi connectivity index (χ0v) is 18.6. The third-order valence-corrected chi connectivity index (χ3v) is 6.65. The SMILES string of the molecule is COc1cc(OC2OC(CO)C(O)C(O)C2O)c2c(O)c(C(C)=O)c(C3CCCC3)cc2c1. The number of aromatic hydroxyl groups is 1. The first-order valence-corrected chi connectivity index (χ1v) is 11.1. The van der Waals surface area contributed by atoms with Crippen molar-refractivity contribution < 1.29 is 44.5 Å². The molecule has 9 nitrogen and oxygen atoms in total. The zero-order chi connectivity index (χ0) is 23.9. The summed E-state index contributed by atoms with van der Waals surface area (Å²) in [7, 11) is 1.47. The smallest absolute Gasteiger partial charge is 0.229 e. The fraction of sp³-hybridized carbons (Fsp3) is 0.542. The molecule has 1 aliphatic carbocycles. The molecule has 2 aromatic rings. The van der Waals surface area contributed by atoms with Crippen LogP contribution in [0.3, 0.4) is 0 Å². The van der Waals surface area contributed by atoms with Gasteiger partial charge in [-0.05, 0) is 48.8 Å². The van der Waals surface area contributed by atoms with E-state index in [2.05, 4.69) is 0 Å². The van der Waals surface area contributed by atoms with Crippen LogP contribution in [0.2, 0.25) is 0 Å². The lowest BCUT2D eigenvalue weighted by molar-refractivity contribution is -0.277. The van der Waals surface area contributed by atoms with Crippen molar-refractivity contribution >= 4 is 16.6 Å². The van der Waals surface area contributed by atoms with Crippen molar-refractivity contribution in [3.8, 4) is 17.2 Å². The minimum absolute atomic E-state index is 0.0617. The fourth-order valence-corrected chi connectivity index (χ4v) is 4.91. The van der Waals surface area contributed by atoms with Gasteiger partial charge in [-0.3, -0.25) is 4.79 Å². The molecule has 0 radical (unpaired) electrons. The van der Waals surface area contributed by atoms with Gasteiger partial charge in [-0.25, -0.2) is 0 Å². The van der Waals surface area contributed by atoms with Crippen molar-refractivity contribution in [1.29, 1.82) is 0 Å². The maximum absolute atomic E-state index is 12.5. The summed E-state index contributed by atoms with van der Waals surface area (Å²) in [5.41, 5.74) is 1.02. The molecule has 0 spiro atoms. The highest BCUT2D eigenvalue weighted by Gasteiger charge is 2.45. The molecule has 0 aromatic heterocycles. The predicted octanol–water partition coefficient (Wildman–Crippen LogP) is 1.59. The molecule has 0 bridgehead atoms. The second-order valence-electron chi connectivity index (χ2n) is 8.77. The number of methoxy groups -OCH3 is 1. The number of benzene rings is 2. The average molecular weight is 462 g/mol. The number of aliphatic hydroxyl groups is 4. The number of Topliss-reactive ketones (excluding diaryl/α,β-unsaturated/α-hetero) is 1. The lowest BCUT2D eigenvalue weighted by Crippen LogP contribution is -2.60. The molecule has 5 unspecified atom stereocenters. The van der Waals surface area contributed by atoms with E-state index in [0.29, 0.717) is 11.1 Å². The number of hydrogen-bond acceptors (Lipinski definition) is 9. The van der Waals surface area contributed by atoms with Crippen molar-refractivity contribution in [2.24, 2.45) is 0 Å². The molecule has 5 atom stereocenters. The number of phenols is 1. The van der Waals surface area contributed by atoms with Crippen LogP contribution in [-0.4, -0.2) is 75.7 Å². The van der Waals surface area contributed by atoms with E-state index in [-0.39, 0.29) is 34.1 Å². The number of carbonyl (C=O) groups is 1. The molecule has 1 aliphatic heterocycles. The quantitative estimate of drug-likeness (QED) is 0.404. The van der Waals surface area contributed by atoms with E-state index in [4.69, 9.17) is 14.2 Å². The monoisotopic (exact) mass is 462 g/mol. The van der Waals surface area contributed by atoms with Crippen LogP contribution in [0.5, 0.6) is 17.2 Å². The molecule has 2 aromatic carbocycles. The van der Waals surface area contributed by atoms with Gasteiger partial charge in [-0.1, -0.05) is 12.8 Å². The Morgan fingerprint density at radius 3 is 2.39 bits per heavy atom. The molecular weight excluding hydrogens is 432 g/mol. The highest BCUT2D eigenvalue weighted by Crippen LogP contribution is 2.46. The second-order valence-corrected chi connectivity index (χ2v) is 8.77. The van der Waals surface area contributed by atoms with Gasteiger partial charge in [0.05, 0.1) is 24.7 Å². The number of hydrogen-bond donors (Lipinski definition) is 5. The molecule has 9 heteroatoms. The van der Waals surface area contributed by atoms with Crippen molar-refractivity contribution in [3.05, 3.63) is 29.3 Å². The van der Waals surface area contributed by atoms with Crippen LogP contribution in [0.15, 0.2) is 18.2 Å². The number of ketones is 1. The lowest BCUT2D eigenvalue weighted by Gasteiger charge is -2.39. The Kier molecular flexibility index (Phi) is 6.78. The summed E-state index contributed by atoms with van der Waals surface area (Å²) in [5.74, 6) is 0.136. The maximum atomic E-state index is 12.5. The van der Waals surface area contributed by atoms with E-state index in [1.807, 2.05) is 6.07 Å². The van der Waals surface area contributed by atoms with Crippen molar-refractivity contribution in [1.82, 2.24) is 0 Å². The Bertz CT molecular complexity index is 1030. The first-order valence-electron chi connectivity index (χ1n) is 11.1. The molecule has 1 heterocycles. The number of phenolic OH excluding ortho intramolecular Hbond substituents is 1. The minimum atomic E-state index is -1.63. The second kappa shape index (κ2) is 9.44. The topological polar surface area (TPSA) is 146 Å².